The number of ether oxygens (including phenoxy) is 1. The highest BCUT2D eigenvalue weighted by Gasteiger charge is 2.18. The number of hydrogen-bond donors (Lipinski definition) is 3. The molecular formula is C20H32N4O2. The van der Waals surface area contributed by atoms with E-state index in [0.29, 0.717) is 30.4 Å². The molecule has 144 valence electrons. The Morgan fingerprint density at radius 2 is 2.00 bits per heavy atom. The Bertz CT molecular complexity index is 595. The van der Waals surface area contributed by atoms with Gasteiger partial charge in [-0.1, -0.05) is 13.0 Å². The van der Waals surface area contributed by atoms with E-state index in [4.69, 9.17) is 4.74 Å². The number of benzene rings is 1. The Kier molecular flexibility index (Phi) is 8.25. The molecule has 0 spiro atoms. The van der Waals surface area contributed by atoms with Gasteiger partial charge in [-0.3, -0.25) is 9.79 Å². The van der Waals surface area contributed by atoms with Crippen LogP contribution in [0.3, 0.4) is 0 Å². The second-order valence-corrected chi connectivity index (χ2v) is 6.85. The van der Waals surface area contributed by atoms with Crippen LogP contribution in [-0.4, -0.2) is 44.7 Å². The number of guanidine groups is 1. The molecule has 0 saturated heterocycles. The van der Waals surface area contributed by atoms with Crippen molar-refractivity contribution < 1.29 is 9.53 Å². The van der Waals surface area contributed by atoms with Crippen molar-refractivity contribution >= 4 is 11.9 Å². The van der Waals surface area contributed by atoms with E-state index in [2.05, 4.69) is 34.8 Å². The molecule has 1 saturated carbocycles. The van der Waals surface area contributed by atoms with E-state index in [0.717, 1.165) is 18.4 Å². The van der Waals surface area contributed by atoms with E-state index in [9.17, 15) is 4.79 Å². The van der Waals surface area contributed by atoms with Crippen LogP contribution in [0.25, 0.3) is 0 Å². The molecule has 1 fully saturated rings. The van der Waals surface area contributed by atoms with E-state index >= 15 is 0 Å². The summed E-state index contributed by atoms with van der Waals surface area (Å²) in [6, 6.07) is 7.63. The molecule has 1 aromatic rings. The minimum Gasteiger partial charge on any atom is -0.497 e. The van der Waals surface area contributed by atoms with Gasteiger partial charge in [0.2, 0.25) is 0 Å². The van der Waals surface area contributed by atoms with Gasteiger partial charge in [-0.05, 0) is 56.7 Å². The van der Waals surface area contributed by atoms with Crippen molar-refractivity contribution in [2.45, 2.75) is 45.6 Å². The Balaban J connectivity index is 1.78. The number of nitrogens with zero attached hydrogens (tertiary/aromatic N) is 1. The van der Waals surface area contributed by atoms with Gasteiger partial charge in [0, 0.05) is 24.7 Å². The van der Waals surface area contributed by atoms with Crippen LogP contribution in [0.4, 0.5) is 0 Å². The summed E-state index contributed by atoms with van der Waals surface area (Å²) >= 11 is 0. The van der Waals surface area contributed by atoms with Crippen molar-refractivity contribution in [3.05, 3.63) is 29.8 Å². The molecule has 26 heavy (non-hydrogen) atoms. The van der Waals surface area contributed by atoms with Gasteiger partial charge in [0.25, 0.3) is 5.91 Å². The quantitative estimate of drug-likeness (QED) is 0.397. The number of carbonyl (C=O) groups excluding carboxylic acids is 1. The van der Waals surface area contributed by atoms with Gasteiger partial charge < -0.3 is 20.7 Å². The van der Waals surface area contributed by atoms with E-state index < -0.39 is 0 Å². The third-order valence-electron chi connectivity index (χ3n) is 4.70. The lowest BCUT2D eigenvalue weighted by Gasteiger charge is -2.28. The third kappa shape index (κ3) is 6.58. The molecule has 0 bridgehead atoms. The summed E-state index contributed by atoms with van der Waals surface area (Å²) in [6.07, 6.45) is 4.93. The average Bonchev–Trinajstić information content (AvgIpc) is 2.67. The zero-order valence-corrected chi connectivity index (χ0v) is 16.2. The molecule has 1 aliphatic carbocycles. The first-order valence-corrected chi connectivity index (χ1v) is 9.59. The van der Waals surface area contributed by atoms with Crippen LogP contribution in [0.1, 0.15) is 49.9 Å². The van der Waals surface area contributed by atoms with Gasteiger partial charge in [0.1, 0.15) is 5.75 Å². The van der Waals surface area contributed by atoms with Crippen molar-refractivity contribution in [3.63, 3.8) is 0 Å². The molecule has 0 atom stereocenters. The normalized spacial score (nSPS) is 20.3. The lowest BCUT2D eigenvalue weighted by molar-refractivity contribution is 0.0954. The van der Waals surface area contributed by atoms with Crippen molar-refractivity contribution in [2.24, 2.45) is 10.9 Å². The van der Waals surface area contributed by atoms with Gasteiger partial charge >= 0.3 is 0 Å². The number of rotatable bonds is 7. The standard InChI is InChI=1S/C20H32N4O2/c1-4-21-20(24-17-10-8-15(2)9-11-17)23-13-12-22-19(25)16-6-5-7-18(14-16)26-3/h5-7,14-15,17H,4,8-13H2,1-3H3,(H,22,25)(H2,21,23,24). The van der Waals surface area contributed by atoms with Crippen LogP contribution >= 0.6 is 0 Å². The summed E-state index contributed by atoms with van der Waals surface area (Å²) < 4.78 is 5.15. The second-order valence-electron chi connectivity index (χ2n) is 6.85. The van der Waals surface area contributed by atoms with E-state index in [1.54, 1.807) is 19.2 Å². The fourth-order valence-electron chi connectivity index (χ4n) is 3.12. The number of hydrogen-bond acceptors (Lipinski definition) is 3. The molecule has 0 aromatic heterocycles. The maximum Gasteiger partial charge on any atom is 0.251 e. The number of amides is 1. The summed E-state index contributed by atoms with van der Waals surface area (Å²) in [6.45, 7) is 6.23. The van der Waals surface area contributed by atoms with Crippen molar-refractivity contribution in [3.8, 4) is 5.75 Å². The average molecular weight is 361 g/mol. The number of methoxy groups -OCH3 is 1. The van der Waals surface area contributed by atoms with E-state index in [-0.39, 0.29) is 5.91 Å². The topological polar surface area (TPSA) is 74.8 Å². The fourth-order valence-corrected chi connectivity index (χ4v) is 3.12. The van der Waals surface area contributed by atoms with Gasteiger partial charge in [0.15, 0.2) is 5.96 Å². The molecule has 1 amide bonds. The van der Waals surface area contributed by atoms with Gasteiger partial charge in [-0.15, -0.1) is 0 Å². The first kappa shape index (κ1) is 20.1. The Hall–Kier alpha value is -2.24. The first-order valence-electron chi connectivity index (χ1n) is 9.59. The summed E-state index contributed by atoms with van der Waals surface area (Å²) in [4.78, 5) is 16.8. The van der Waals surface area contributed by atoms with Crippen LogP contribution < -0.4 is 20.7 Å². The molecule has 6 nitrogen and oxygen atoms in total. The lowest BCUT2D eigenvalue weighted by Crippen LogP contribution is -2.45. The molecule has 1 aliphatic rings. The highest BCUT2D eigenvalue weighted by atomic mass is 16.5. The highest BCUT2D eigenvalue weighted by Crippen LogP contribution is 2.23. The molecule has 0 unspecified atom stereocenters. The van der Waals surface area contributed by atoms with Crippen LogP contribution in [0.2, 0.25) is 0 Å². The number of aliphatic imine (C=N–C) groups is 1. The lowest BCUT2D eigenvalue weighted by atomic mass is 9.87. The Morgan fingerprint density at radius 1 is 1.23 bits per heavy atom. The number of carbonyl (C=O) groups is 1. The molecule has 0 aliphatic heterocycles. The summed E-state index contributed by atoms with van der Waals surface area (Å²) in [5.41, 5.74) is 0.592. The predicted octanol–water partition coefficient (Wildman–Crippen LogP) is 2.56. The van der Waals surface area contributed by atoms with Crippen LogP contribution in [0.15, 0.2) is 29.3 Å². The van der Waals surface area contributed by atoms with Crippen LogP contribution in [0, 0.1) is 5.92 Å². The molecule has 0 radical (unpaired) electrons. The van der Waals surface area contributed by atoms with Gasteiger partial charge in [-0.25, -0.2) is 0 Å². The monoisotopic (exact) mass is 360 g/mol. The van der Waals surface area contributed by atoms with E-state index in [1.807, 2.05) is 12.1 Å². The smallest absolute Gasteiger partial charge is 0.251 e. The Labute approximate surface area is 156 Å². The minimum atomic E-state index is -0.113. The van der Waals surface area contributed by atoms with Crippen LogP contribution in [0.5, 0.6) is 5.75 Å². The maximum absolute atomic E-state index is 12.2. The predicted molar refractivity (Wildman–Crippen MR) is 106 cm³/mol. The molecule has 1 aromatic carbocycles. The van der Waals surface area contributed by atoms with Crippen molar-refractivity contribution in [1.82, 2.24) is 16.0 Å². The molecule has 3 N–H and O–H groups in total. The minimum absolute atomic E-state index is 0.113. The van der Waals surface area contributed by atoms with E-state index in [1.165, 1.54) is 25.7 Å². The zero-order chi connectivity index (χ0) is 18.8. The van der Waals surface area contributed by atoms with Gasteiger partial charge in [-0.2, -0.15) is 0 Å². The maximum atomic E-state index is 12.2. The summed E-state index contributed by atoms with van der Waals surface area (Å²) in [5.74, 6) is 2.23. The molecule has 0 heterocycles. The number of nitrogens with one attached hydrogen (secondary N) is 3. The summed E-state index contributed by atoms with van der Waals surface area (Å²) in [5, 5.41) is 9.71. The first-order chi connectivity index (χ1) is 12.6. The third-order valence-corrected chi connectivity index (χ3v) is 4.70. The second kappa shape index (κ2) is 10.7. The fraction of sp³-hybridized carbons (Fsp3) is 0.600. The zero-order valence-electron chi connectivity index (χ0n) is 16.2. The Morgan fingerprint density at radius 3 is 2.69 bits per heavy atom. The van der Waals surface area contributed by atoms with Crippen molar-refractivity contribution in [1.29, 1.82) is 0 Å². The largest absolute Gasteiger partial charge is 0.497 e. The van der Waals surface area contributed by atoms with Crippen molar-refractivity contribution in [2.75, 3.05) is 26.7 Å². The van der Waals surface area contributed by atoms with Gasteiger partial charge in [0.05, 0.1) is 13.7 Å². The molecule has 2 rings (SSSR count). The molecular weight excluding hydrogens is 328 g/mol. The highest BCUT2D eigenvalue weighted by molar-refractivity contribution is 5.94. The molecule has 6 heteroatoms. The SMILES string of the molecule is CCNC(=NCCNC(=O)c1cccc(OC)c1)NC1CCC(C)CC1. The van der Waals surface area contributed by atoms with Crippen LogP contribution in [-0.2, 0) is 0 Å². The summed E-state index contributed by atoms with van der Waals surface area (Å²) in [7, 11) is 1.59.